The minimum absolute atomic E-state index is 0.0574. The summed E-state index contributed by atoms with van der Waals surface area (Å²) in [5.74, 6) is -0.476. The predicted molar refractivity (Wildman–Crippen MR) is 107 cm³/mol. The molecule has 1 amide bonds. The largest absolute Gasteiger partial charge is 0.411 e. The molecule has 0 saturated carbocycles. The van der Waals surface area contributed by atoms with Gasteiger partial charge in [-0.05, 0) is 36.8 Å². The monoisotopic (exact) mass is 456 g/mol. The van der Waals surface area contributed by atoms with Gasteiger partial charge in [0.25, 0.3) is 0 Å². The smallest absolute Gasteiger partial charge is 0.224 e. The predicted octanol–water partition coefficient (Wildman–Crippen LogP) is 5.58. The maximum atomic E-state index is 12.2. The molecule has 0 saturated heterocycles. The lowest BCUT2D eigenvalue weighted by atomic mass is 10.0. The Morgan fingerprint density at radius 2 is 1.73 bits per heavy atom. The maximum absolute atomic E-state index is 12.2. The highest BCUT2D eigenvalue weighted by Gasteiger charge is 2.13. The Morgan fingerprint density at radius 3 is 2.35 bits per heavy atom. The van der Waals surface area contributed by atoms with Gasteiger partial charge >= 0.3 is 0 Å². The van der Waals surface area contributed by atoms with E-state index in [0.717, 1.165) is 4.47 Å². The molecule has 0 heterocycles. The van der Waals surface area contributed by atoms with Crippen LogP contribution < -0.4 is 5.32 Å². The normalized spacial score (nSPS) is 11.3. The number of Topliss-reactive ketones (excluding diaryl/α,β-unsaturated/α-hetero) is 1. The van der Waals surface area contributed by atoms with Gasteiger partial charge in [0.1, 0.15) is 0 Å². The Balaban J connectivity index is 1.87. The molecule has 0 aromatic heterocycles. The molecule has 136 valence electrons. The summed E-state index contributed by atoms with van der Waals surface area (Å²) >= 11 is 15.0. The van der Waals surface area contributed by atoms with Crippen molar-refractivity contribution in [3.8, 4) is 0 Å². The van der Waals surface area contributed by atoms with Gasteiger partial charge in [-0.15, -0.1) is 0 Å². The standard InChI is InChI=1S/C18H15BrCl2N2O3/c19-12-3-1-11(2-4-12)17(24)10-14(23-26)6-8-18(25)22-13-5-7-15(20)16(21)9-13/h1-5,7,9,26H,6,8,10H2,(H,22,25)/b23-14+. The molecule has 2 aromatic carbocycles. The van der Waals surface area contributed by atoms with Gasteiger partial charge < -0.3 is 10.5 Å². The molecule has 0 unspecified atom stereocenters. The summed E-state index contributed by atoms with van der Waals surface area (Å²) in [4.78, 5) is 24.2. The van der Waals surface area contributed by atoms with Gasteiger partial charge in [-0.1, -0.05) is 56.4 Å². The number of carbonyl (C=O) groups is 2. The third kappa shape index (κ3) is 6.12. The second kappa shape index (κ2) is 9.71. The maximum Gasteiger partial charge on any atom is 0.224 e. The number of rotatable bonds is 7. The summed E-state index contributed by atoms with van der Waals surface area (Å²) in [5, 5.41) is 15.6. The van der Waals surface area contributed by atoms with E-state index < -0.39 is 0 Å². The first-order valence-electron chi connectivity index (χ1n) is 7.62. The highest BCUT2D eigenvalue weighted by molar-refractivity contribution is 9.10. The molecule has 5 nitrogen and oxygen atoms in total. The lowest BCUT2D eigenvalue weighted by Gasteiger charge is -2.07. The zero-order valence-electron chi connectivity index (χ0n) is 13.5. The van der Waals surface area contributed by atoms with Crippen molar-refractivity contribution in [2.75, 3.05) is 5.32 Å². The summed E-state index contributed by atoms with van der Waals surface area (Å²) in [5.41, 5.74) is 1.26. The number of nitrogens with one attached hydrogen (secondary N) is 1. The van der Waals surface area contributed by atoms with Gasteiger partial charge in [0.05, 0.1) is 22.2 Å². The molecule has 0 fully saturated rings. The molecule has 8 heteroatoms. The molecule has 0 atom stereocenters. The lowest BCUT2D eigenvalue weighted by molar-refractivity contribution is -0.116. The third-order valence-electron chi connectivity index (χ3n) is 3.52. The molecule has 0 aliphatic rings. The highest BCUT2D eigenvalue weighted by atomic mass is 79.9. The lowest BCUT2D eigenvalue weighted by Crippen LogP contribution is -2.15. The molecule has 0 aliphatic heterocycles. The fourth-order valence-electron chi connectivity index (χ4n) is 2.15. The number of halogens is 3. The first-order chi connectivity index (χ1) is 12.4. The van der Waals surface area contributed by atoms with Crippen LogP contribution in [0.4, 0.5) is 5.69 Å². The van der Waals surface area contributed by atoms with Crippen molar-refractivity contribution in [1.82, 2.24) is 0 Å². The summed E-state index contributed by atoms with van der Waals surface area (Å²) in [6.45, 7) is 0. The first kappa shape index (κ1) is 20.4. The van der Waals surface area contributed by atoms with Gasteiger partial charge in [0, 0.05) is 22.1 Å². The second-order valence-corrected chi connectivity index (χ2v) is 7.18. The van der Waals surface area contributed by atoms with Crippen LogP contribution >= 0.6 is 39.1 Å². The number of nitrogens with zero attached hydrogens (tertiary/aromatic N) is 1. The summed E-state index contributed by atoms with van der Waals surface area (Å²) < 4.78 is 0.865. The van der Waals surface area contributed by atoms with Crippen LogP contribution in [0.2, 0.25) is 10.0 Å². The van der Waals surface area contributed by atoms with E-state index >= 15 is 0 Å². The van der Waals surface area contributed by atoms with E-state index in [0.29, 0.717) is 21.3 Å². The topological polar surface area (TPSA) is 78.8 Å². The quantitative estimate of drug-likeness (QED) is 0.246. The minimum Gasteiger partial charge on any atom is -0.411 e. The van der Waals surface area contributed by atoms with Crippen LogP contribution in [0.15, 0.2) is 52.1 Å². The van der Waals surface area contributed by atoms with Crippen molar-refractivity contribution in [3.05, 3.63) is 62.5 Å². The number of hydrogen-bond donors (Lipinski definition) is 2. The van der Waals surface area contributed by atoms with Gasteiger partial charge in [0.15, 0.2) is 5.78 Å². The van der Waals surface area contributed by atoms with Crippen LogP contribution in [0.25, 0.3) is 0 Å². The number of ketones is 1. The van der Waals surface area contributed by atoms with Crippen LogP contribution in [-0.2, 0) is 4.79 Å². The van der Waals surface area contributed by atoms with Crippen LogP contribution in [0.3, 0.4) is 0 Å². The van der Waals surface area contributed by atoms with Crippen molar-refractivity contribution >= 4 is 62.2 Å². The molecular weight excluding hydrogens is 443 g/mol. The van der Waals surface area contributed by atoms with Crippen molar-refractivity contribution in [3.63, 3.8) is 0 Å². The number of hydrogen-bond acceptors (Lipinski definition) is 4. The van der Waals surface area contributed by atoms with E-state index in [-0.39, 0.29) is 36.7 Å². The molecular formula is C18H15BrCl2N2O3. The number of carbonyl (C=O) groups excluding carboxylic acids is 2. The molecule has 2 aromatic rings. The SMILES string of the molecule is O=C(CC/C(CC(=O)c1ccc(Br)cc1)=N\O)Nc1ccc(Cl)c(Cl)c1. The van der Waals surface area contributed by atoms with Crippen molar-refractivity contribution in [2.45, 2.75) is 19.3 Å². The van der Waals surface area contributed by atoms with E-state index in [1.807, 2.05) is 0 Å². The minimum atomic E-state index is -0.291. The molecule has 0 spiro atoms. The van der Waals surface area contributed by atoms with Crippen molar-refractivity contribution in [1.29, 1.82) is 0 Å². The summed E-state index contributed by atoms with van der Waals surface area (Å²) in [7, 11) is 0. The van der Waals surface area contributed by atoms with Crippen LogP contribution in [0.5, 0.6) is 0 Å². The zero-order chi connectivity index (χ0) is 19.1. The van der Waals surface area contributed by atoms with E-state index in [2.05, 4.69) is 26.4 Å². The average molecular weight is 458 g/mol. The van der Waals surface area contributed by atoms with Crippen LogP contribution in [0.1, 0.15) is 29.6 Å². The molecule has 2 rings (SSSR count). The van der Waals surface area contributed by atoms with Gasteiger partial charge in [-0.25, -0.2) is 0 Å². The van der Waals surface area contributed by atoms with Gasteiger partial charge in [-0.3, -0.25) is 9.59 Å². The number of benzene rings is 2. The fraction of sp³-hybridized carbons (Fsp3) is 0.167. The summed E-state index contributed by atoms with van der Waals surface area (Å²) in [6.07, 6.45) is 0.164. The Kier molecular flexibility index (Phi) is 7.63. The molecule has 0 bridgehead atoms. The summed E-state index contributed by atoms with van der Waals surface area (Å²) in [6, 6.07) is 11.6. The Labute approximate surface area is 169 Å². The molecule has 0 aliphatic carbocycles. The third-order valence-corrected chi connectivity index (χ3v) is 4.78. The molecule has 0 radical (unpaired) electrons. The first-order valence-corrected chi connectivity index (χ1v) is 9.17. The van der Waals surface area contributed by atoms with E-state index in [9.17, 15) is 9.59 Å². The zero-order valence-corrected chi connectivity index (χ0v) is 16.6. The molecule has 2 N–H and O–H groups in total. The Morgan fingerprint density at radius 1 is 1.04 bits per heavy atom. The van der Waals surface area contributed by atoms with Gasteiger partial charge in [-0.2, -0.15) is 0 Å². The van der Waals surface area contributed by atoms with Crippen LogP contribution in [-0.4, -0.2) is 22.6 Å². The second-order valence-electron chi connectivity index (χ2n) is 5.45. The fourth-order valence-corrected chi connectivity index (χ4v) is 2.71. The highest BCUT2D eigenvalue weighted by Crippen LogP contribution is 2.25. The molecule has 26 heavy (non-hydrogen) atoms. The van der Waals surface area contributed by atoms with Gasteiger partial charge in [0.2, 0.25) is 5.91 Å². The van der Waals surface area contributed by atoms with E-state index in [1.165, 1.54) is 0 Å². The van der Waals surface area contributed by atoms with E-state index in [4.69, 9.17) is 28.4 Å². The Bertz CT molecular complexity index is 839. The van der Waals surface area contributed by atoms with E-state index in [1.54, 1.807) is 42.5 Å². The number of oxime groups is 1. The van der Waals surface area contributed by atoms with Crippen LogP contribution in [0, 0.1) is 0 Å². The number of amides is 1. The van der Waals surface area contributed by atoms with Crippen molar-refractivity contribution < 1.29 is 14.8 Å². The van der Waals surface area contributed by atoms with Crippen molar-refractivity contribution in [2.24, 2.45) is 5.16 Å². The average Bonchev–Trinajstić information content (AvgIpc) is 2.62. The number of anilines is 1. The Hall–Kier alpha value is -1.89.